The van der Waals surface area contributed by atoms with Gasteiger partial charge in [-0.25, -0.2) is 9.18 Å². The molecule has 0 saturated heterocycles. The molecule has 116 valence electrons. The molecule has 5 heteroatoms. The van der Waals surface area contributed by atoms with E-state index in [2.05, 4.69) is 5.32 Å². The van der Waals surface area contributed by atoms with Gasteiger partial charge in [-0.3, -0.25) is 0 Å². The van der Waals surface area contributed by atoms with Crippen molar-refractivity contribution in [2.24, 2.45) is 0 Å². The van der Waals surface area contributed by atoms with Crippen molar-refractivity contribution in [2.75, 3.05) is 31.4 Å². The van der Waals surface area contributed by atoms with Crippen LogP contribution in [0.5, 0.6) is 0 Å². The summed E-state index contributed by atoms with van der Waals surface area (Å²) in [7, 11) is 5.63. The minimum atomic E-state index is -0.445. The van der Waals surface area contributed by atoms with Crippen LogP contribution in [0, 0.1) is 5.82 Å². The lowest BCUT2D eigenvalue weighted by Crippen LogP contribution is -2.31. The number of nitrogens with zero attached hydrogens (tertiary/aromatic N) is 2. The highest BCUT2D eigenvalue weighted by Crippen LogP contribution is 2.15. The van der Waals surface area contributed by atoms with Crippen molar-refractivity contribution >= 4 is 17.4 Å². The zero-order chi connectivity index (χ0) is 16.1. The zero-order valence-electron chi connectivity index (χ0n) is 13.0. The average molecular weight is 301 g/mol. The topological polar surface area (TPSA) is 35.6 Å². The number of para-hydroxylation sites is 1. The molecule has 4 nitrogen and oxygen atoms in total. The van der Waals surface area contributed by atoms with Crippen LogP contribution in [0.1, 0.15) is 5.56 Å². The van der Waals surface area contributed by atoms with Gasteiger partial charge in [0.1, 0.15) is 5.82 Å². The largest absolute Gasteiger partial charge is 0.378 e. The number of amides is 2. The molecule has 2 rings (SSSR count). The fourth-order valence-electron chi connectivity index (χ4n) is 2.02. The van der Waals surface area contributed by atoms with E-state index in [4.69, 9.17) is 0 Å². The van der Waals surface area contributed by atoms with Crippen LogP contribution in [0.2, 0.25) is 0 Å². The average Bonchev–Trinajstić information content (AvgIpc) is 2.50. The van der Waals surface area contributed by atoms with Crippen LogP contribution in [-0.4, -0.2) is 32.1 Å². The van der Waals surface area contributed by atoms with Gasteiger partial charge in [0.15, 0.2) is 0 Å². The number of urea groups is 1. The summed E-state index contributed by atoms with van der Waals surface area (Å²) in [6, 6.07) is 13.7. The maximum Gasteiger partial charge on any atom is 0.321 e. The molecule has 2 amide bonds. The van der Waals surface area contributed by atoms with Gasteiger partial charge in [0.2, 0.25) is 0 Å². The van der Waals surface area contributed by atoms with Crippen LogP contribution in [0.3, 0.4) is 0 Å². The highest BCUT2D eigenvalue weighted by atomic mass is 19.1. The Morgan fingerprint density at radius 2 is 1.68 bits per heavy atom. The lowest BCUT2D eigenvalue weighted by Gasteiger charge is -2.19. The molecule has 0 heterocycles. The monoisotopic (exact) mass is 301 g/mol. The van der Waals surface area contributed by atoms with E-state index in [1.165, 1.54) is 17.0 Å². The minimum absolute atomic E-state index is 0.183. The number of halogens is 1. The molecule has 2 aromatic rings. The smallest absolute Gasteiger partial charge is 0.321 e. The molecule has 0 aliphatic rings. The third-order valence-electron chi connectivity index (χ3n) is 3.33. The molecule has 0 atom stereocenters. The van der Waals surface area contributed by atoms with E-state index < -0.39 is 5.82 Å². The fraction of sp³-hybridized carbons (Fsp3) is 0.235. The number of carbonyl (C=O) groups excluding carboxylic acids is 1. The summed E-state index contributed by atoms with van der Waals surface area (Å²) in [6.45, 7) is 0.452. The molecule has 0 aliphatic heterocycles. The predicted molar refractivity (Wildman–Crippen MR) is 87.7 cm³/mol. The third kappa shape index (κ3) is 3.97. The molecule has 1 N–H and O–H groups in total. The second-order valence-electron chi connectivity index (χ2n) is 5.33. The summed E-state index contributed by atoms with van der Waals surface area (Å²) in [5.41, 5.74) is 2.29. The van der Waals surface area contributed by atoms with Crippen LogP contribution >= 0.6 is 0 Å². The molecule has 2 aromatic carbocycles. The van der Waals surface area contributed by atoms with Crippen molar-refractivity contribution in [1.82, 2.24) is 4.90 Å². The van der Waals surface area contributed by atoms with E-state index in [9.17, 15) is 9.18 Å². The molecule has 0 bridgehead atoms. The van der Waals surface area contributed by atoms with Gasteiger partial charge in [-0.05, 0) is 29.8 Å². The van der Waals surface area contributed by atoms with Crippen LogP contribution < -0.4 is 10.2 Å². The SMILES string of the molecule is CN(Cc1ccc(N(C)C)cc1)C(=O)Nc1ccccc1F. The Morgan fingerprint density at radius 1 is 1.05 bits per heavy atom. The van der Waals surface area contributed by atoms with Gasteiger partial charge in [-0.1, -0.05) is 24.3 Å². The fourth-order valence-corrected chi connectivity index (χ4v) is 2.02. The summed E-state index contributed by atoms with van der Waals surface area (Å²) in [5.74, 6) is -0.445. The summed E-state index contributed by atoms with van der Waals surface area (Å²) < 4.78 is 13.5. The lowest BCUT2D eigenvalue weighted by atomic mass is 10.2. The van der Waals surface area contributed by atoms with Crippen LogP contribution in [0.4, 0.5) is 20.6 Å². The van der Waals surface area contributed by atoms with Gasteiger partial charge in [0.25, 0.3) is 0 Å². The van der Waals surface area contributed by atoms with Crippen LogP contribution in [-0.2, 0) is 6.54 Å². The number of anilines is 2. The van der Waals surface area contributed by atoms with E-state index >= 15 is 0 Å². The molecule has 0 radical (unpaired) electrons. The van der Waals surface area contributed by atoms with Gasteiger partial charge < -0.3 is 15.1 Å². The van der Waals surface area contributed by atoms with Gasteiger partial charge in [0, 0.05) is 33.4 Å². The first-order chi connectivity index (χ1) is 10.5. The summed E-state index contributed by atoms with van der Waals surface area (Å²) in [5, 5.41) is 2.56. The number of benzene rings is 2. The van der Waals surface area contributed by atoms with Crippen molar-refractivity contribution in [3.8, 4) is 0 Å². The molecular formula is C17H20FN3O. The van der Waals surface area contributed by atoms with Gasteiger partial charge in [-0.15, -0.1) is 0 Å². The first-order valence-corrected chi connectivity index (χ1v) is 7.00. The first kappa shape index (κ1) is 15.8. The Kier molecular flexibility index (Phi) is 4.99. The summed E-state index contributed by atoms with van der Waals surface area (Å²) in [6.07, 6.45) is 0. The number of hydrogen-bond donors (Lipinski definition) is 1. The normalized spacial score (nSPS) is 10.2. The van der Waals surface area contributed by atoms with Gasteiger partial charge >= 0.3 is 6.03 Å². The molecule has 0 aliphatic carbocycles. The lowest BCUT2D eigenvalue weighted by molar-refractivity contribution is 0.220. The van der Waals surface area contributed by atoms with E-state index in [0.717, 1.165) is 11.3 Å². The van der Waals surface area contributed by atoms with Gasteiger partial charge in [-0.2, -0.15) is 0 Å². The van der Waals surface area contributed by atoms with Crippen molar-refractivity contribution in [2.45, 2.75) is 6.54 Å². The number of nitrogens with one attached hydrogen (secondary N) is 1. The predicted octanol–water partition coefficient (Wildman–Crippen LogP) is 3.56. The maximum atomic E-state index is 13.5. The van der Waals surface area contributed by atoms with E-state index in [-0.39, 0.29) is 11.7 Å². The Hall–Kier alpha value is -2.56. The quantitative estimate of drug-likeness (QED) is 0.937. The molecule has 0 aromatic heterocycles. The number of carbonyl (C=O) groups is 1. The molecule has 0 saturated carbocycles. The Bertz CT molecular complexity index is 641. The van der Waals surface area contributed by atoms with E-state index in [0.29, 0.717) is 6.54 Å². The Balaban J connectivity index is 1.98. The van der Waals surface area contributed by atoms with Crippen molar-refractivity contribution in [3.05, 3.63) is 59.9 Å². The highest BCUT2D eigenvalue weighted by Gasteiger charge is 2.11. The standard InChI is InChI=1S/C17H20FN3O/c1-20(2)14-10-8-13(9-11-14)12-21(3)17(22)19-16-7-5-4-6-15(16)18/h4-11H,12H2,1-3H3,(H,19,22). The minimum Gasteiger partial charge on any atom is -0.378 e. The number of rotatable bonds is 4. The summed E-state index contributed by atoms with van der Waals surface area (Å²) in [4.78, 5) is 15.6. The van der Waals surface area contributed by atoms with Crippen molar-refractivity contribution in [1.29, 1.82) is 0 Å². The Morgan fingerprint density at radius 3 is 2.27 bits per heavy atom. The number of hydrogen-bond acceptors (Lipinski definition) is 2. The third-order valence-corrected chi connectivity index (χ3v) is 3.33. The van der Waals surface area contributed by atoms with Crippen LogP contribution in [0.15, 0.2) is 48.5 Å². The van der Waals surface area contributed by atoms with E-state index in [1.54, 1.807) is 19.2 Å². The maximum absolute atomic E-state index is 13.5. The highest BCUT2D eigenvalue weighted by molar-refractivity contribution is 5.89. The molecule has 0 spiro atoms. The Labute approximate surface area is 130 Å². The second-order valence-corrected chi connectivity index (χ2v) is 5.33. The molecule has 22 heavy (non-hydrogen) atoms. The van der Waals surface area contributed by atoms with E-state index in [1.807, 2.05) is 43.3 Å². The molecular weight excluding hydrogens is 281 g/mol. The van der Waals surface area contributed by atoms with Crippen molar-refractivity contribution in [3.63, 3.8) is 0 Å². The van der Waals surface area contributed by atoms with Gasteiger partial charge in [0.05, 0.1) is 5.69 Å². The molecule has 0 fully saturated rings. The summed E-state index contributed by atoms with van der Waals surface area (Å²) >= 11 is 0. The second kappa shape index (κ2) is 6.93. The zero-order valence-corrected chi connectivity index (χ0v) is 13.0. The van der Waals surface area contributed by atoms with Crippen molar-refractivity contribution < 1.29 is 9.18 Å². The van der Waals surface area contributed by atoms with Crippen LogP contribution in [0.25, 0.3) is 0 Å². The molecule has 0 unspecified atom stereocenters. The first-order valence-electron chi connectivity index (χ1n) is 7.00.